The predicted molar refractivity (Wildman–Crippen MR) is 175 cm³/mol. The Labute approximate surface area is 265 Å². The third-order valence-corrected chi connectivity index (χ3v) is 11.2. The average molecular weight is 659 g/mol. The summed E-state index contributed by atoms with van der Waals surface area (Å²) in [6.07, 6.45) is -0.338. The summed E-state index contributed by atoms with van der Waals surface area (Å²) in [4.78, 5) is 14.1. The Balaban J connectivity index is 1.04. The van der Waals surface area contributed by atoms with Crippen molar-refractivity contribution < 1.29 is 17.4 Å². The van der Waals surface area contributed by atoms with Crippen molar-refractivity contribution in [2.24, 2.45) is 0 Å². The normalized spacial score (nSPS) is 19.2. The van der Waals surface area contributed by atoms with Crippen LogP contribution in [0.1, 0.15) is 29.0 Å². The van der Waals surface area contributed by atoms with E-state index in [0.29, 0.717) is 28.3 Å². The van der Waals surface area contributed by atoms with Crippen LogP contribution >= 0.6 is 11.3 Å². The molecule has 5 heterocycles. The highest BCUT2D eigenvalue weighted by Crippen LogP contribution is 2.33. The molecule has 14 heteroatoms. The van der Waals surface area contributed by atoms with Gasteiger partial charge in [-0.25, -0.2) is 14.3 Å². The van der Waals surface area contributed by atoms with Crippen LogP contribution in [-0.2, 0) is 29.2 Å². The van der Waals surface area contributed by atoms with Gasteiger partial charge in [0.05, 0.1) is 11.8 Å². The van der Waals surface area contributed by atoms with E-state index < -0.39 is 22.3 Å². The molecule has 1 N–H and O–H groups in total. The van der Waals surface area contributed by atoms with Crippen molar-refractivity contribution in [1.29, 1.82) is 5.26 Å². The monoisotopic (exact) mass is 658 g/mol. The Bertz CT molecular complexity index is 1810. The summed E-state index contributed by atoms with van der Waals surface area (Å²) in [7, 11) is -2.17. The van der Waals surface area contributed by atoms with Crippen LogP contribution in [0.5, 0.6) is 0 Å². The standard InChI is InChI=1S/C31H37F3N8OS2/c1-45(2,43)41-12-9-39(10-13-41)11-14-42-25(19-35)16-23-15-22(3-4-28(23)42)20-40-7-5-24(6-8-40)38-29-27-17-26(18-31(32,33)34)44-30(27)37-21-36-29/h3-4,15-17,21,24H,1,5-14,18,20H2,2H3,(H,36,37,38). The lowest BCUT2D eigenvalue weighted by molar-refractivity contribution is -0.126. The second-order valence-corrected chi connectivity index (χ2v) is 15.6. The zero-order valence-corrected chi connectivity index (χ0v) is 26.9. The molecule has 3 aromatic heterocycles. The Morgan fingerprint density at radius 3 is 2.51 bits per heavy atom. The minimum absolute atomic E-state index is 0.174. The van der Waals surface area contributed by atoms with Crippen LogP contribution in [0, 0.1) is 11.3 Å². The number of alkyl halides is 3. The zero-order valence-electron chi connectivity index (χ0n) is 25.2. The van der Waals surface area contributed by atoms with Gasteiger partial charge in [-0.15, -0.1) is 11.3 Å². The quantitative estimate of drug-likeness (QED) is 0.264. The molecule has 240 valence electrons. The number of rotatable bonds is 9. The molecule has 1 atom stereocenters. The Morgan fingerprint density at radius 2 is 1.82 bits per heavy atom. The number of hydrogen-bond donors (Lipinski definition) is 1. The lowest BCUT2D eigenvalue weighted by atomic mass is 10.0. The third kappa shape index (κ3) is 7.61. The molecule has 0 radical (unpaired) electrons. The fraction of sp³-hybridized carbons (Fsp3) is 0.484. The number of piperazine rings is 1. The highest BCUT2D eigenvalue weighted by Gasteiger charge is 2.29. The zero-order chi connectivity index (χ0) is 31.8. The number of benzene rings is 1. The van der Waals surface area contributed by atoms with E-state index in [0.717, 1.165) is 87.4 Å². The molecule has 4 aromatic rings. The van der Waals surface area contributed by atoms with E-state index in [9.17, 15) is 22.6 Å². The number of thiophene rings is 1. The summed E-state index contributed by atoms with van der Waals surface area (Å²) in [6.45, 7) is 7.23. The van der Waals surface area contributed by atoms with Crippen LogP contribution in [-0.4, -0.2) is 103 Å². The van der Waals surface area contributed by atoms with Crippen molar-refractivity contribution in [3.63, 3.8) is 0 Å². The first-order valence-electron chi connectivity index (χ1n) is 15.1. The average Bonchev–Trinajstić information content (AvgIpc) is 3.56. The molecule has 2 aliphatic heterocycles. The first-order chi connectivity index (χ1) is 21.4. The van der Waals surface area contributed by atoms with Gasteiger partial charge in [0.15, 0.2) is 0 Å². The van der Waals surface area contributed by atoms with Gasteiger partial charge in [-0.2, -0.15) is 18.4 Å². The molecule has 1 aromatic carbocycles. The molecule has 0 spiro atoms. The summed E-state index contributed by atoms with van der Waals surface area (Å²) in [6, 6.07) is 12.5. The van der Waals surface area contributed by atoms with E-state index in [-0.39, 0.29) is 10.9 Å². The largest absolute Gasteiger partial charge is 0.393 e. The van der Waals surface area contributed by atoms with Crippen molar-refractivity contribution in [2.45, 2.75) is 44.6 Å². The van der Waals surface area contributed by atoms with Crippen LogP contribution in [0.15, 0.2) is 36.7 Å². The predicted octanol–water partition coefficient (Wildman–Crippen LogP) is 4.58. The minimum atomic E-state index is -4.26. The molecule has 9 nitrogen and oxygen atoms in total. The topological polar surface area (TPSA) is 93.3 Å². The molecule has 0 bridgehead atoms. The Morgan fingerprint density at radius 1 is 1.07 bits per heavy atom. The molecule has 2 saturated heterocycles. The SMILES string of the molecule is C=S(C)(=O)N1CCN(CCn2c(C#N)cc3cc(CN4CCC(Nc5ncnc6sc(CC(F)(F)F)cc56)CC4)ccc32)CC1. The molecule has 6 rings (SSSR count). The van der Waals surface area contributed by atoms with Crippen LogP contribution in [0.2, 0.25) is 0 Å². The molecule has 0 amide bonds. The number of piperidine rings is 1. The van der Waals surface area contributed by atoms with Gasteiger partial charge in [0.25, 0.3) is 0 Å². The minimum Gasteiger partial charge on any atom is -0.367 e. The van der Waals surface area contributed by atoms with Gasteiger partial charge < -0.3 is 9.88 Å². The maximum Gasteiger partial charge on any atom is 0.393 e. The third-order valence-electron chi connectivity index (χ3n) is 8.69. The summed E-state index contributed by atoms with van der Waals surface area (Å²) in [5, 5.41) is 15.0. The van der Waals surface area contributed by atoms with E-state index in [4.69, 9.17) is 0 Å². The summed E-state index contributed by atoms with van der Waals surface area (Å²) >= 11 is 1.06. The molecule has 0 aliphatic carbocycles. The van der Waals surface area contributed by atoms with Crippen LogP contribution in [0.3, 0.4) is 0 Å². The maximum absolute atomic E-state index is 12.9. The molecular formula is C31H37F3N8OS2. The van der Waals surface area contributed by atoms with Crippen molar-refractivity contribution in [3.05, 3.63) is 52.8 Å². The summed E-state index contributed by atoms with van der Waals surface area (Å²) < 4.78 is 55.0. The van der Waals surface area contributed by atoms with Gasteiger partial charge in [-0.3, -0.25) is 14.0 Å². The number of likely N-dealkylation sites (tertiary alicyclic amines) is 1. The lowest BCUT2D eigenvalue weighted by Gasteiger charge is -2.35. The molecular weight excluding hydrogens is 622 g/mol. The van der Waals surface area contributed by atoms with Crippen molar-refractivity contribution in [3.8, 4) is 6.07 Å². The smallest absolute Gasteiger partial charge is 0.367 e. The number of fused-ring (bicyclic) bond motifs is 2. The lowest BCUT2D eigenvalue weighted by Crippen LogP contribution is -2.48. The maximum atomic E-state index is 12.9. The summed E-state index contributed by atoms with van der Waals surface area (Å²) in [5.74, 6) is 4.40. The first-order valence-corrected chi connectivity index (χ1v) is 18.0. The Kier molecular flexibility index (Phi) is 9.09. The van der Waals surface area contributed by atoms with Crippen molar-refractivity contribution in [2.75, 3.05) is 57.4 Å². The second-order valence-electron chi connectivity index (χ2n) is 12.1. The molecule has 2 aliphatic rings. The first kappa shape index (κ1) is 31.7. The number of hydrogen-bond acceptors (Lipinski definition) is 8. The summed E-state index contributed by atoms with van der Waals surface area (Å²) in [5.41, 5.74) is 2.89. The van der Waals surface area contributed by atoms with E-state index >= 15 is 0 Å². The van der Waals surface area contributed by atoms with Gasteiger partial charge >= 0.3 is 6.18 Å². The second kappa shape index (κ2) is 12.9. The Hall–Kier alpha value is -3.22. The van der Waals surface area contributed by atoms with E-state index in [1.165, 1.54) is 11.9 Å². The van der Waals surface area contributed by atoms with E-state index in [1.54, 1.807) is 12.3 Å². The van der Waals surface area contributed by atoms with Gasteiger partial charge in [0.1, 0.15) is 28.7 Å². The van der Waals surface area contributed by atoms with Crippen LogP contribution in [0.4, 0.5) is 19.0 Å². The van der Waals surface area contributed by atoms with Gasteiger partial charge in [0, 0.05) is 96.7 Å². The number of nitrogens with zero attached hydrogens (tertiary/aromatic N) is 7. The highest BCUT2D eigenvalue weighted by molar-refractivity contribution is 7.97. The van der Waals surface area contributed by atoms with E-state index in [2.05, 4.69) is 59.8 Å². The number of aromatic nitrogens is 3. The van der Waals surface area contributed by atoms with E-state index in [1.807, 2.05) is 10.4 Å². The molecule has 1 unspecified atom stereocenters. The fourth-order valence-electron chi connectivity index (χ4n) is 6.33. The van der Waals surface area contributed by atoms with Crippen LogP contribution in [0.25, 0.3) is 21.1 Å². The fourth-order valence-corrected chi connectivity index (χ4v) is 8.29. The molecule has 45 heavy (non-hydrogen) atoms. The number of nitriles is 1. The number of nitrogens with one attached hydrogen (secondary N) is 1. The number of halogens is 3. The molecule has 2 fully saturated rings. The van der Waals surface area contributed by atoms with Gasteiger partial charge in [0.2, 0.25) is 0 Å². The number of anilines is 1. The highest BCUT2D eigenvalue weighted by atomic mass is 32.2. The van der Waals surface area contributed by atoms with Crippen molar-refractivity contribution in [1.82, 2.24) is 28.6 Å². The molecule has 0 saturated carbocycles. The van der Waals surface area contributed by atoms with Crippen LogP contribution < -0.4 is 5.32 Å². The van der Waals surface area contributed by atoms with Gasteiger partial charge in [-0.05, 0) is 48.5 Å². The van der Waals surface area contributed by atoms with Gasteiger partial charge in [-0.1, -0.05) is 6.07 Å². The van der Waals surface area contributed by atoms with Crippen molar-refractivity contribution >= 4 is 53.9 Å².